The van der Waals surface area contributed by atoms with Crippen LogP contribution >= 0.6 is 0 Å². The first-order valence-electron chi connectivity index (χ1n) is 8.01. The van der Waals surface area contributed by atoms with E-state index in [9.17, 15) is 19.8 Å². The summed E-state index contributed by atoms with van der Waals surface area (Å²) in [7, 11) is 0. The maximum Gasteiger partial charge on any atom is 0.408 e. The molecule has 0 radical (unpaired) electrons. The summed E-state index contributed by atoms with van der Waals surface area (Å²) in [6.45, 7) is 7.66. The smallest absolute Gasteiger partial charge is 0.408 e. The van der Waals surface area contributed by atoms with Crippen molar-refractivity contribution >= 4 is 17.7 Å². The number of carbonyl (C=O) groups excluding carboxylic acids is 1. The fourth-order valence-corrected chi connectivity index (χ4v) is 2.70. The Balaban J connectivity index is 1.92. The van der Waals surface area contributed by atoms with E-state index in [1.807, 2.05) is 12.1 Å². The van der Waals surface area contributed by atoms with Crippen LogP contribution in [0.1, 0.15) is 20.8 Å². The Morgan fingerprint density at radius 3 is 2.08 bits per heavy atom. The summed E-state index contributed by atoms with van der Waals surface area (Å²) in [4.78, 5) is 28.8. The number of hydrogen-bond acceptors (Lipinski definition) is 4. The lowest BCUT2D eigenvalue weighted by Crippen LogP contribution is -2.54. The first-order valence-corrected chi connectivity index (χ1v) is 8.01. The molecule has 1 aromatic rings. The van der Waals surface area contributed by atoms with Gasteiger partial charge < -0.3 is 20.0 Å². The third-order valence-electron chi connectivity index (χ3n) is 4.18. The highest BCUT2D eigenvalue weighted by Gasteiger charge is 2.30. The van der Waals surface area contributed by atoms with Crippen LogP contribution in [0.25, 0.3) is 0 Å². The number of nitrogens with zero attached hydrogens (tertiary/aromatic N) is 3. The molecule has 0 spiro atoms. The van der Waals surface area contributed by atoms with E-state index in [-0.39, 0.29) is 18.2 Å². The van der Waals surface area contributed by atoms with Crippen molar-refractivity contribution in [1.82, 2.24) is 9.80 Å². The molecule has 2 N–H and O–H groups in total. The summed E-state index contributed by atoms with van der Waals surface area (Å²) in [6, 6.07) is 6.97. The number of carbonyl (C=O) groups is 2. The van der Waals surface area contributed by atoms with E-state index in [1.54, 1.807) is 37.8 Å². The quantitative estimate of drug-likeness (QED) is 0.880. The van der Waals surface area contributed by atoms with E-state index < -0.39 is 11.6 Å². The third-order valence-corrected chi connectivity index (χ3v) is 4.18. The van der Waals surface area contributed by atoms with Gasteiger partial charge in [-0.25, -0.2) is 4.79 Å². The lowest BCUT2D eigenvalue weighted by molar-refractivity contribution is -0.133. The predicted octanol–water partition coefficient (Wildman–Crippen LogP) is 1.82. The maximum absolute atomic E-state index is 12.4. The minimum atomic E-state index is -1.08. The van der Waals surface area contributed by atoms with Crippen molar-refractivity contribution in [3.05, 3.63) is 24.3 Å². The molecule has 1 fully saturated rings. The monoisotopic (exact) mass is 335 g/mol. The molecule has 0 aromatic heterocycles. The average Bonchev–Trinajstić information content (AvgIpc) is 2.52. The molecule has 1 heterocycles. The summed E-state index contributed by atoms with van der Waals surface area (Å²) in [5.74, 6) is 0.0567. The van der Waals surface area contributed by atoms with Gasteiger partial charge >= 0.3 is 6.09 Å². The summed E-state index contributed by atoms with van der Waals surface area (Å²) >= 11 is 0. The number of aromatic hydroxyl groups is 1. The zero-order chi connectivity index (χ0) is 17.9. The van der Waals surface area contributed by atoms with Crippen molar-refractivity contribution in [1.29, 1.82) is 0 Å². The van der Waals surface area contributed by atoms with Gasteiger partial charge in [0.15, 0.2) is 0 Å². The van der Waals surface area contributed by atoms with E-state index >= 15 is 0 Å². The first kappa shape index (κ1) is 17.9. The molecule has 0 unspecified atom stereocenters. The average molecular weight is 335 g/mol. The molecular weight excluding hydrogens is 310 g/mol. The molecule has 132 valence electrons. The molecule has 24 heavy (non-hydrogen) atoms. The molecule has 1 aliphatic rings. The summed E-state index contributed by atoms with van der Waals surface area (Å²) in [5, 5.41) is 18.6. The molecule has 2 amide bonds. The normalized spacial score (nSPS) is 15.3. The van der Waals surface area contributed by atoms with Crippen LogP contribution in [0.15, 0.2) is 24.3 Å². The van der Waals surface area contributed by atoms with Crippen molar-refractivity contribution < 1.29 is 19.8 Å². The Morgan fingerprint density at radius 2 is 1.62 bits per heavy atom. The molecule has 0 aliphatic carbocycles. The van der Waals surface area contributed by atoms with E-state index in [4.69, 9.17) is 0 Å². The number of rotatable bonds is 3. The van der Waals surface area contributed by atoms with Gasteiger partial charge in [0.05, 0.1) is 0 Å². The Bertz CT molecular complexity index is 587. The van der Waals surface area contributed by atoms with Crippen LogP contribution in [0, 0.1) is 0 Å². The lowest BCUT2D eigenvalue weighted by Gasteiger charge is -2.38. The van der Waals surface area contributed by atoms with Gasteiger partial charge in [-0.05, 0) is 45.0 Å². The van der Waals surface area contributed by atoms with E-state index in [1.165, 1.54) is 4.90 Å². The highest BCUT2D eigenvalue weighted by molar-refractivity contribution is 5.82. The van der Waals surface area contributed by atoms with Crippen molar-refractivity contribution in [2.45, 2.75) is 26.3 Å². The van der Waals surface area contributed by atoms with Crippen LogP contribution < -0.4 is 4.90 Å². The van der Waals surface area contributed by atoms with Crippen molar-refractivity contribution in [2.75, 3.05) is 37.6 Å². The minimum absolute atomic E-state index is 0.127. The molecule has 7 nitrogen and oxygen atoms in total. The van der Waals surface area contributed by atoms with Crippen molar-refractivity contribution in [3.63, 3.8) is 0 Å². The summed E-state index contributed by atoms with van der Waals surface area (Å²) in [6.07, 6.45) is -1.08. The van der Waals surface area contributed by atoms with Gasteiger partial charge in [-0.1, -0.05) is 0 Å². The molecule has 7 heteroatoms. The zero-order valence-electron chi connectivity index (χ0n) is 14.4. The minimum Gasteiger partial charge on any atom is -0.508 e. The highest BCUT2D eigenvalue weighted by Crippen LogP contribution is 2.20. The van der Waals surface area contributed by atoms with Crippen molar-refractivity contribution in [2.24, 2.45) is 0 Å². The molecule has 0 atom stereocenters. The van der Waals surface area contributed by atoms with Crippen LogP contribution in [0.5, 0.6) is 5.75 Å². The molecular formula is C17H25N3O4. The van der Waals surface area contributed by atoms with E-state index in [2.05, 4.69) is 4.90 Å². The number of hydrogen-bond donors (Lipinski definition) is 2. The van der Waals surface area contributed by atoms with E-state index in [0.717, 1.165) is 5.69 Å². The standard InChI is InChI=1S/C17H25N3O4/c1-17(2,3)20(16(23)24)12-15(22)19-10-8-18(9-11-19)13-4-6-14(21)7-5-13/h4-7,21H,8-12H2,1-3H3,(H,23,24). The molecule has 1 saturated heterocycles. The van der Waals surface area contributed by atoms with E-state index in [0.29, 0.717) is 26.2 Å². The van der Waals surface area contributed by atoms with Gasteiger partial charge in [-0.15, -0.1) is 0 Å². The molecule has 1 aliphatic heterocycles. The van der Waals surface area contributed by atoms with Crippen molar-refractivity contribution in [3.8, 4) is 5.75 Å². The second-order valence-electron chi connectivity index (χ2n) is 6.92. The Kier molecular flexibility index (Phi) is 5.21. The molecule has 0 bridgehead atoms. The molecule has 0 saturated carbocycles. The summed E-state index contributed by atoms with van der Waals surface area (Å²) in [5.41, 5.74) is 0.386. The second kappa shape index (κ2) is 6.98. The van der Waals surface area contributed by atoms with Gasteiger partial charge in [0.1, 0.15) is 12.3 Å². The predicted molar refractivity (Wildman–Crippen MR) is 91.4 cm³/mol. The number of anilines is 1. The SMILES string of the molecule is CC(C)(C)N(CC(=O)N1CCN(c2ccc(O)cc2)CC1)C(=O)O. The number of phenolic OH excluding ortho intramolecular Hbond substituents is 1. The number of piperazine rings is 1. The second-order valence-corrected chi connectivity index (χ2v) is 6.92. The number of phenols is 1. The van der Waals surface area contributed by atoms with Gasteiger partial charge in [0.2, 0.25) is 5.91 Å². The highest BCUT2D eigenvalue weighted by atomic mass is 16.4. The van der Waals surface area contributed by atoms with Crippen LogP contribution in [-0.2, 0) is 4.79 Å². The van der Waals surface area contributed by atoms with Crippen LogP contribution in [0.2, 0.25) is 0 Å². The zero-order valence-corrected chi connectivity index (χ0v) is 14.4. The summed E-state index contributed by atoms with van der Waals surface area (Å²) < 4.78 is 0. The maximum atomic E-state index is 12.4. The Labute approximate surface area is 142 Å². The van der Waals surface area contributed by atoms with Crippen LogP contribution in [-0.4, -0.2) is 70.3 Å². The number of carboxylic acid groups (broad SMARTS) is 1. The lowest BCUT2D eigenvalue weighted by atomic mass is 10.1. The van der Waals surface area contributed by atoms with Crippen LogP contribution in [0.3, 0.4) is 0 Å². The Hall–Kier alpha value is -2.44. The fraction of sp³-hybridized carbons (Fsp3) is 0.529. The third kappa shape index (κ3) is 4.31. The Morgan fingerprint density at radius 1 is 1.08 bits per heavy atom. The molecule has 1 aromatic carbocycles. The van der Waals surface area contributed by atoms with Gasteiger partial charge in [0.25, 0.3) is 0 Å². The molecule has 2 rings (SSSR count). The van der Waals surface area contributed by atoms with Gasteiger partial charge in [0, 0.05) is 37.4 Å². The number of amides is 2. The fourth-order valence-electron chi connectivity index (χ4n) is 2.70. The van der Waals surface area contributed by atoms with Crippen LogP contribution in [0.4, 0.5) is 10.5 Å². The number of benzene rings is 1. The topological polar surface area (TPSA) is 84.3 Å². The largest absolute Gasteiger partial charge is 0.508 e. The van der Waals surface area contributed by atoms with Gasteiger partial charge in [-0.3, -0.25) is 9.69 Å². The van der Waals surface area contributed by atoms with Gasteiger partial charge in [-0.2, -0.15) is 0 Å². The first-order chi connectivity index (χ1) is 11.2.